The molecule has 1 N–H and O–H groups in total. The predicted molar refractivity (Wildman–Crippen MR) is 102 cm³/mol. The van der Waals surface area contributed by atoms with Crippen LogP contribution in [0, 0.1) is 11.3 Å². The molecule has 3 aromatic rings. The number of nitriles is 1. The second kappa shape index (κ2) is 7.56. The first-order valence-electron chi connectivity index (χ1n) is 9.02. The average molecular weight is 359 g/mol. The summed E-state index contributed by atoms with van der Waals surface area (Å²) in [6, 6.07) is 11.9. The van der Waals surface area contributed by atoms with Crippen LogP contribution in [0.2, 0.25) is 0 Å². The Morgan fingerprint density at radius 1 is 1.26 bits per heavy atom. The summed E-state index contributed by atoms with van der Waals surface area (Å²) in [6.45, 7) is 1.89. The lowest BCUT2D eigenvalue weighted by Crippen LogP contribution is -2.23. The fourth-order valence-electron chi connectivity index (χ4n) is 3.50. The van der Waals surface area contributed by atoms with Gasteiger partial charge in [0.2, 0.25) is 0 Å². The standard InChI is InChI=1S/C20H21N7/c1-26-12-17(23-14-26)13-27-9-3-5-19(27)18-4-2-6-20(25-18)24-16-8-7-15(10-21)22-11-16/h2,4,6-8,11-12,14,19H,3,5,9,13H2,1H3,(H,24,25)/t19-/m1/s1. The minimum atomic E-state index is 0.299. The molecular weight excluding hydrogens is 338 g/mol. The lowest BCUT2D eigenvalue weighted by Gasteiger charge is -2.23. The molecule has 0 unspecified atom stereocenters. The van der Waals surface area contributed by atoms with Crippen molar-refractivity contribution in [3.8, 4) is 6.07 Å². The van der Waals surface area contributed by atoms with Gasteiger partial charge in [0.25, 0.3) is 0 Å². The Bertz CT molecular complexity index is 955. The third-order valence-electron chi connectivity index (χ3n) is 4.75. The summed E-state index contributed by atoms with van der Waals surface area (Å²) in [5.41, 5.74) is 3.37. The van der Waals surface area contributed by atoms with Crippen molar-refractivity contribution in [2.45, 2.75) is 25.4 Å². The molecule has 0 saturated carbocycles. The molecule has 0 aliphatic carbocycles. The van der Waals surface area contributed by atoms with Crippen LogP contribution in [-0.2, 0) is 13.6 Å². The zero-order valence-electron chi connectivity index (χ0n) is 15.2. The zero-order chi connectivity index (χ0) is 18.6. The molecule has 4 rings (SSSR count). The molecule has 27 heavy (non-hydrogen) atoms. The van der Waals surface area contributed by atoms with E-state index in [0.29, 0.717) is 11.7 Å². The molecule has 0 amide bonds. The van der Waals surface area contributed by atoms with Crippen molar-refractivity contribution in [3.63, 3.8) is 0 Å². The van der Waals surface area contributed by atoms with Crippen LogP contribution in [0.15, 0.2) is 49.1 Å². The van der Waals surface area contributed by atoms with E-state index in [1.807, 2.05) is 42.2 Å². The SMILES string of the molecule is Cn1cnc(CN2CCC[C@@H]2c2cccc(Nc3ccc(C#N)nc3)n2)c1. The number of hydrogen-bond acceptors (Lipinski definition) is 6. The van der Waals surface area contributed by atoms with Gasteiger partial charge < -0.3 is 9.88 Å². The van der Waals surface area contributed by atoms with E-state index in [0.717, 1.165) is 48.8 Å². The quantitative estimate of drug-likeness (QED) is 0.753. The number of anilines is 2. The van der Waals surface area contributed by atoms with Gasteiger partial charge in [-0.1, -0.05) is 6.07 Å². The number of rotatable bonds is 5. The van der Waals surface area contributed by atoms with E-state index in [1.54, 1.807) is 12.3 Å². The highest BCUT2D eigenvalue weighted by molar-refractivity contribution is 5.55. The van der Waals surface area contributed by atoms with Crippen LogP contribution in [0.25, 0.3) is 0 Å². The predicted octanol–water partition coefficient (Wildman–Crippen LogP) is 3.16. The van der Waals surface area contributed by atoms with Gasteiger partial charge in [0.15, 0.2) is 0 Å². The highest BCUT2D eigenvalue weighted by atomic mass is 15.2. The molecule has 3 aromatic heterocycles. The van der Waals surface area contributed by atoms with Gasteiger partial charge in [-0.15, -0.1) is 0 Å². The first-order chi connectivity index (χ1) is 13.2. The normalized spacial score (nSPS) is 17.0. The van der Waals surface area contributed by atoms with Crippen molar-refractivity contribution in [2.75, 3.05) is 11.9 Å². The maximum Gasteiger partial charge on any atom is 0.140 e. The molecule has 136 valence electrons. The van der Waals surface area contributed by atoms with Crippen LogP contribution in [0.1, 0.15) is 36.0 Å². The highest BCUT2D eigenvalue weighted by Gasteiger charge is 2.27. The summed E-state index contributed by atoms with van der Waals surface area (Å²) in [4.78, 5) is 15.8. The monoisotopic (exact) mass is 359 g/mol. The highest BCUT2D eigenvalue weighted by Crippen LogP contribution is 2.32. The Morgan fingerprint density at radius 2 is 2.19 bits per heavy atom. The van der Waals surface area contributed by atoms with Gasteiger partial charge in [0, 0.05) is 19.8 Å². The largest absolute Gasteiger partial charge is 0.340 e. The van der Waals surface area contributed by atoms with Crippen LogP contribution >= 0.6 is 0 Å². The first kappa shape index (κ1) is 17.2. The number of nitrogens with zero attached hydrogens (tertiary/aromatic N) is 6. The first-order valence-corrected chi connectivity index (χ1v) is 9.02. The summed E-state index contributed by atoms with van der Waals surface area (Å²) >= 11 is 0. The van der Waals surface area contributed by atoms with Gasteiger partial charge in [-0.05, 0) is 43.7 Å². The summed E-state index contributed by atoms with van der Waals surface area (Å²) in [7, 11) is 1.99. The Morgan fingerprint density at radius 3 is 2.93 bits per heavy atom. The molecular formula is C20H21N7. The van der Waals surface area contributed by atoms with Gasteiger partial charge in [0.1, 0.15) is 17.6 Å². The van der Waals surface area contributed by atoms with E-state index < -0.39 is 0 Å². The van der Waals surface area contributed by atoms with E-state index in [4.69, 9.17) is 10.2 Å². The van der Waals surface area contributed by atoms with Crippen molar-refractivity contribution in [1.29, 1.82) is 5.26 Å². The van der Waals surface area contributed by atoms with Gasteiger partial charge >= 0.3 is 0 Å². The third-order valence-corrected chi connectivity index (χ3v) is 4.75. The third kappa shape index (κ3) is 3.96. The number of imidazole rings is 1. The number of aryl methyl sites for hydroxylation is 1. The molecule has 7 nitrogen and oxygen atoms in total. The Hall–Kier alpha value is -3.24. The Labute approximate surface area is 158 Å². The van der Waals surface area contributed by atoms with E-state index in [9.17, 15) is 0 Å². The summed E-state index contributed by atoms with van der Waals surface area (Å²) in [5.74, 6) is 0.781. The van der Waals surface area contributed by atoms with Crippen LogP contribution in [-0.4, -0.2) is 31.0 Å². The lowest BCUT2D eigenvalue weighted by molar-refractivity contribution is 0.242. The van der Waals surface area contributed by atoms with Gasteiger partial charge in [-0.2, -0.15) is 5.26 Å². The second-order valence-electron chi connectivity index (χ2n) is 6.78. The van der Waals surface area contributed by atoms with Crippen molar-refractivity contribution in [1.82, 2.24) is 24.4 Å². The molecule has 1 saturated heterocycles. The smallest absolute Gasteiger partial charge is 0.140 e. The van der Waals surface area contributed by atoms with E-state index >= 15 is 0 Å². The van der Waals surface area contributed by atoms with Gasteiger partial charge in [-0.3, -0.25) is 4.90 Å². The fourth-order valence-corrected chi connectivity index (χ4v) is 3.50. The summed E-state index contributed by atoms with van der Waals surface area (Å²) in [6.07, 6.45) is 7.82. The number of pyridine rings is 2. The van der Waals surface area contributed by atoms with Crippen molar-refractivity contribution < 1.29 is 0 Å². The van der Waals surface area contributed by atoms with Crippen LogP contribution in [0.5, 0.6) is 0 Å². The molecule has 0 spiro atoms. The van der Waals surface area contributed by atoms with Crippen LogP contribution in [0.3, 0.4) is 0 Å². The van der Waals surface area contributed by atoms with Crippen LogP contribution in [0.4, 0.5) is 11.5 Å². The van der Waals surface area contributed by atoms with Gasteiger partial charge in [-0.25, -0.2) is 15.0 Å². The molecule has 1 aliphatic rings. The number of nitrogens with one attached hydrogen (secondary N) is 1. The molecule has 1 atom stereocenters. The second-order valence-corrected chi connectivity index (χ2v) is 6.78. The summed E-state index contributed by atoms with van der Waals surface area (Å²) in [5, 5.41) is 12.1. The lowest BCUT2D eigenvalue weighted by atomic mass is 10.1. The Balaban J connectivity index is 1.49. The van der Waals surface area contributed by atoms with Crippen molar-refractivity contribution in [2.24, 2.45) is 7.05 Å². The molecule has 0 radical (unpaired) electrons. The summed E-state index contributed by atoms with van der Waals surface area (Å²) < 4.78 is 1.98. The maximum atomic E-state index is 8.85. The molecule has 0 aromatic carbocycles. The molecule has 1 fully saturated rings. The van der Waals surface area contributed by atoms with Crippen molar-refractivity contribution >= 4 is 11.5 Å². The van der Waals surface area contributed by atoms with Crippen molar-refractivity contribution in [3.05, 3.63) is 66.1 Å². The maximum absolute atomic E-state index is 8.85. The van der Waals surface area contributed by atoms with Gasteiger partial charge in [0.05, 0.1) is 35.6 Å². The number of likely N-dealkylation sites (tertiary alicyclic amines) is 1. The zero-order valence-corrected chi connectivity index (χ0v) is 15.2. The molecule has 0 bridgehead atoms. The van der Waals surface area contributed by atoms with E-state index in [1.165, 1.54) is 0 Å². The van der Waals surface area contributed by atoms with E-state index in [-0.39, 0.29) is 0 Å². The minimum absolute atomic E-state index is 0.299. The average Bonchev–Trinajstić information content (AvgIpc) is 3.32. The number of aromatic nitrogens is 4. The topological polar surface area (TPSA) is 82.7 Å². The Kier molecular flexibility index (Phi) is 4.81. The number of hydrogen-bond donors (Lipinski definition) is 1. The molecule has 7 heteroatoms. The van der Waals surface area contributed by atoms with E-state index in [2.05, 4.69) is 32.4 Å². The molecule has 1 aliphatic heterocycles. The minimum Gasteiger partial charge on any atom is -0.340 e. The molecule has 4 heterocycles. The van der Waals surface area contributed by atoms with Crippen LogP contribution < -0.4 is 5.32 Å². The fraction of sp³-hybridized carbons (Fsp3) is 0.300.